The zero-order valence-electron chi connectivity index (χ0n) is 21.5. The zero-order valence-corrected chi connectivity index (χ0v) is 21.5. The number of aromatic hydroxyl groups is 1. The normalized spacial score (nSPS) is 20.3. The fraction of sp³-hybridized carbons (Fsp3) is 0.581. The number of aliphatic imine (C=N–C) groups is 1. The summed E-state index contributed by atoms with van der Waals surface area (Å²) < 4.78 is 0. The molecule has 2 heteroatoms. The summed E-state index contributed by atoms with van der Waals surface area (Å²) >= 11 is 0. The highest BCUT2D eigenvalue weighted by Crippen LogP contribution is 2.43. The molecule has 3 rings (SSSR count). The fourth-order valence-corrected chi connectivity index (χ4v) is 5.75. The van der Waals surface area contributed by atoms with Crippen LogP contribution < -0.4 is 0 Å². The molecule has 1 aliphatic carbocycles. The van der Waals surface area contributed by atoms with Crippen LogP contribution in [0.15, 0.2) is 64.8 Å². The van der Waals surface area contributed by atoms with Gasteiger partial charge in [-0.05, 0) is 79.7 Å². The first kappa shape index (κ1) is 25.5. The number of hydrogen-bond donors (Lipinski definition) is 1. The predicted molar refractivity (Wildman–Crippen MR) is 143 cm³/mol. The van der Waals surface area contributed by atoms with E-state index in [4.69, 9.17) is 4.99 Å². The average molecular weight is 448 g/mol. The van der Waals surface area contributed by atoms with Gasteiger partial charge in [-0.1, -0.05) is 83.7 Å². The first-order valence-corrected chi connectivity index (χ1v) is 13.2. The second kappa shape index (κ2) is 11.9. The second-order valence-corrected chi connectivity index (χ2v) is 10.9. The molecule has 0 amide bonds. The number of phenolic OH excluding ortho intramolecular Hbond substituents is 1. The van der Waals surface area contributed by atoms with E-state index in [1.807, 2.05) is 12.1 Å². The number of benzene rings is 1. The molecule has 180 valence electrons. The summed E-state index contributed by atoms with van der Waals surface area (Å²) in [6, 6.07) is 7.75. The molecule has 2 aliphatic rings. The third kappa shape index (κ3) is 6.71. The molecule has 33 heavy (non-hydrogen) atoms. The van der Waals surface area contributed by atoms with E-state index >= 15 is 0 Å². The fourth-order valence-electron chi connectivity index (χ4n) is 5.75. The molecule has 0 radical (unpaired) electrons. The quantitative estimate of drug-likeness (QED) is 0.338. The molecule has 0 aromatic heterocycles. The minimum atomic E-state index is 0.291. The molecule has 2 nitrogen and oxygen atoms in total. The zero-order chi connectivity index (χ0) is 24.0. The minimum Gasteiger partial charge on any atom is -0.508 e. The maximum atomic E-state index is 9.80. The lowest BCUT2D eigenvalue weighted by Crippen LogP contribution is -2.23. The van der Waals surface area contributed by atoms with Crippen LogP contribution in [0.25, 0.3) is 0 Å². The Balaban J connectivity index is 1.98. The Bertz CT molecular complexity index is 880. The summed E-state index contributed by atoms with van der Waals surface area (Å²) in [7, 11) is 0. The molecule has 0 saturated heterocycles. The molecule has 1 aromatic carbocycles. The maximum absolute atomic E-state index is 9.80. The Morgan fingerprint density at radius 3 is 2.30 bits per heavy atom. The van der Waals surface area contributed by atoms with Crippen molar-refractivity contribution in [2.45, 2.75) is 91.9 Å². The largest absolute Gasteiger partial charge is 0.508 e. The van der Waals surface area contributed by atoms with Gasteiger partial charge >= 0.3 is 0 Å². The van der Waals surface area contributed by atoms with Crippen LogP contribution in [0.5, 0.6) is 5.75 Å². The summed E-state index contributed by atoms with van der Waals surface area (Å²) in [5.41, 5.74) is 7.74. The van der Waals surface area contributed by atoms with Gasteiger partial charge in [-0.15, -0.1) is 0 Å². The van der Waals surface area contributed by atoms with Crippen LogP contribution in [0.2, 0.25) is 0 Å². The van der Waals surface area contributed by atoms with Crippen LogP contribution in [0.4, 0.5) is 0 Å². The molecule has 1 heterocycles. The highest BCUT2D eigenvalue weighted by Gasteiger charge is 2.34. The molecular weight excluding hydrogens is 402 g/mol. The number of hydrogen-bond acceptors (Lipinski definition) is 2. The number of rotatable bonds is 11. The van der Waals surface area contributed by atoms with Crippen LogP contribution in [-0.4, -0.2) is 10.8 Å². The van der Waals surface area contributed by atoms with Crippen molar-refractivity contribution in [3.8, 4) is 5.75 Å². The topological polar surface area (TPSA) is 32.6 Å². The van der Waals surface area contributed by atoms with Gasteiger partial charge in [0.1, 0.15) is 5.75 Å². The highest BCUT2D eigenvalue weighted by molar-refractivity contribution is 5.94. The summed E-state index contributed by atoms with van der Waals surface area (Å²) in [6.45, 7) is 17.9. The lowest BCUT2D eigenvalue weighted by atomic mass is 9.75. The van der Waals surface area contributed by atoms with Gasteiger partial charge in [0.05, 0.1) is 0 Å². The number of nitrogens with zero attached hydrogens (tertiary/aromatic N) is 1. The van der Waals surface area contributed by atoms with Gasteiger partial charge in [0.2, 0.25) is 0 Å². The summed E-state index contributed by atoms with van der Waals surface area (Å²) in [6.07, 6.45) is 12.0. The van der Waals surface area contributed by atoms with E-state index in [0.29, 0.717) is 23.5 Å². The van der Waals surface area contributed by atoms with E-state index in [2.05, 4.69) is 53.0 Å². The van der Waals surface area contributed by atoms with E-state index in [-0.39, 0.29) is 0 Å². The van der Waals surface area contributed by atoms with Crippen molar-refractivity contribution in [1.82, 2.24) is 0 Å². The monoisotopic (exact) mass is 447 g/mol. The molecule has 2 unspecified atom stereocenters. The van der Waals surface area contributed by atoms with E-state index in [1.165, 1.54) is 65.8 Å². The lowest BCUT2D eigenvalue weighted by Gasteiger charge is -2.28. The van der Waals surface area contributed by atoms with Crippen LogP contribution in [-0.2, 0) is 6.42 Å². The van der Waals surface area contributed by atoms with Gasteiger partial charge in [0, 0.05) is 23.2 Å². The van der Waals surface area contributed by atoms with Crippen molar-refractivity contribution in [3.63, 3.8) is 0 Å². The molecular formula is C31H45NO. The first-order valence-electron chi connectivity index (χ1n) is 13.2. The number of allylic oxidation sites excluding steroid dienone is 4. The van der Waals surface area contributed by atoms with Gasteiger partial charge in [0.25, 0.3) is 0 Å². The van der Waals surface area contributed by atoms with Crippen LogP contribution >= 0.6 is 0 Å². The van der Waals surface area contributed by atoms with Gasteiger partial charge in [-0.3, -0.25) is 4.99 Å². The second-order valence-electron chi connectivity index (χ2n) is 10.9. The molecule has 1 aromatic rings. The Morgan fingerprint density at radius 2 is 1.73 bits per heavy atom. The van der Waals surface area contributed by atoms with Crippen LogP contribution in [0, 0.1) is 23.7 Å². The Hall–Kier alpha value is -2.09. The lowest BCUT2D eigenvalue weighted by molar-refractivity contribution is 0.365. The van der Waals surface area contributed by atoms with Crippen molar-refractivity contribution in [3.05, 3.63) is 65.4 Å². The summed E-state index contributed by atoms with van der Waals surface area (Å²) in [4.78, 5) is 5.38. The maximum Gasteiger partial charge on any atom is 0.115 e. The smallest absolute Gasteiger partial charge is 0.115 e. The van der Waals surface area contributed by atoms with E-state index < -0.39 is 0 Å². The van der Waals surface area contributed by atoms with E-state index in [1.54, 1.807) is 0 Å². The third-order valence-corrected chi connectivity index (χ3v) is 7.67. The molecule has 1 N–H and O–H groups in total. The molecule has 1 saturated carbocycles. The Labute approximate surface area is 202 Å². The Morgan fingerprint density at radius 1 is 1.06 bits per heavy atom. The van der Waals surface area contributed by atoms with Gasteiger partial charge < -0.3 is 5.11 Å². The van der Waals surface area contributed by atoms with Crippen LogP contribution in [0.3, 0.4) is 0 Å². The molecule has 1 aliphatic heterocycles. The summed E-state index contributed by atoms with van der Waals surface area (Å²) in [5.74, 6) is 2.35. The summed E-state index contributed by atoms with van der Waals surface area (Å²) in [5, 5.41) is 9.80. The van der Waals surface area contributed by atoms with Crippen molar-refractivity contribution < 1.29 is 5.11 Å². The van der Waals surface area contributed by atoms with Crippen LogP contribution in [0.1, 0.15) is 91.0 Å². The number of phenols is 1. The van der Waals surface area contributed by atoms with Crippen molar-refractivity contribution >= 4 is 5.71 Å². The SMILES string of the molecule is C=C(C)C(CC)C(=C)C1=C(CCC(C)C)N=C(CC2CCCCC2)C1Cc1ccc(O)cc1. The van der Waals surface area contributed by atoms with E-state index in [9.17, 15) is 5.11 Å². The third-order valence-electron chi connectivity index (χ3n) is 7.67. The van der Waals surface area contributed by atoms with Crippen molar-refractivity contribution in [2.75, 3.05) is 0 Å². The molecule has 1 fully saturated rings. The van der Waals surface area contributed by atoms with Crippen molar-refractivity contribution in [1.29, 1.82) is 0 Å². The molecule has 2 atom stereocenters. The molecule has 0 bridgehead atoms. The highest BCUT2D eigenvalue weighted by atomic mass is 16.3. The van der Waals surface area contributed by atoms with Gasteiger partial charge in [-0.25, -0.2) is 0 Å². The molecule has 0 spiro atoms. The predicted octanol–water partition coefficient (Wildman–Crippen LogP) is 8.82. The van der Waals surface area contributed by atoms with E-state index in [0.717, 1.165) is 38.0 Å². The van der Waals surface area contributed by atoms with Gasteiger partial charge in [0.15, 0.2) is 0 Å². The Kier molecular flexibility index (Phi) is 9.18. The van der Waals surface area contributed by atoms with Gasteiger partial charge in [-0.2, -0.15) is 0 Å². The average Bonchev–Trinajstić information content (AvgIpc) is 3.11. The van der Waals surface area contributed by atoms with Crippen molar-refractivity contribution in [2.24, 2.45) is 28.7 Å². The standard InChI is InChI=1S/C31H45NO/c1-7-27(22(4)5)23(6)31-28(19-25-14-16-26(33)17-15-25)30(20-24-11-9-8-10-12-24)32-29(31)18-13-21(2)3/h14-17,21,24,27-28,33H,4,6-13,18-20H2,1-3,5H3. The minimum absolute atomic E-state index is 0.291. The first-order chi connectivity index (χ1) is 15.8.